The predicted molar refractivity (Wildman–Crippen MR) is 76.1 cm³/mol. The molecule has 3 heterocycles. The van der Waals surface area contributed by atoms with Gasteiger partial charge in [0.05, 0.1) is 17.5 Å². The van der Waals surface area contributed by atoms with Crippen LogP contribution in [0.15, 0.2) is 12.2 Å². The van der Waals surface area contributed by atoms with Crippen LogP contribution >= 0.6 is 0 Å². The van der Waals surface area contributed by atoms with Gasteiger partial charge in [-0.3, -0.25) is 13.8 Å². The Hall–Kier alpha value is -1.45. The van der Waals surface area contributed by atoms with E-state index in [1.807, 2.05) is 0 Å². The number of carboxylic acids is 1. The lowest BCUT2D eigenvalue weighted by atomic mass is 9.83. The highest BCUT2D eigenvalue weighted by molar-refractivity contribution is 7.87. The van der Waals surface area contributed by atoms with E-state index < -0.39 is 63.6 Å². The van der Waals surface area contributed by atoms with Crippen molar-refractivity contribution in [3.05, 3.63) is 12.2 Å². The van der Waals surface area contributed by atoms with Gasteiger partial charge in [0, 0.05) is 11.8 Å². The molecular weight excluding hydrogens is 340 g/mol. The van der Waals surface area contributed by atoms with Crippen molar-refractivity contribution in [1.82, 2.24) is 0 Å². The van der Waals surface area contributed by atoms with Gasteiger partial charge in [0.15, 0.2) is 0 Å². The minimum absolute atomic E-state index is 0.0374. The first-order valence-corrected chi connectivity index (χ1v) is 9.53. The first kappa shape index (κ1) is 14.9. The first-order chi connectivity index (χ1) is 11.4. The van der Waals surface area contributed by atoms with Crippen LogP contribution in [0.25, 0.3) is 0 Å². The number of carboxylic acid groups (broad SMARTS) is 1. The summed E-state index contributed by atoms with van der Waals surface area (Å²) in [5.74, 6) is -3.76. The average molecular weight is 356 g/mol. The molecule has 0 radical (unpaired) electrons. The molecule has 2 saturated heterocycles. The fourth-order valence-electron chi connectivity index (χ4n) is 5.14. The molecule has 9 heteroatoms. The Labute approximate surface area is 137 Å². The quantitative estimate of drug-likeness (QED) is 0.416. The number of rotatable bonds is 3. The normalized spacial score (nSPS) is 52.1. The van der Waals surface area contributed by atoms with Crippen LogP contribution in [0.4, 0.5) is 0 Å². The minimum Gasteiger partial charge on any atom is -0.481 e. The van der Waals surface area contributed by atoms with Gasteiger partial charge in [-0.25, -0.2) is 0 Å². The molecule has 130 valence electrons. The van der Waals surface area contributed by atoms with Gasteiger partial charge in [-0.2, -0.15) is 8.42 Å². The van der Waals surface area contributed by atoms with Gasteiger partial charge >= 0.3 is 11.9 Å². The molecule has 24 heavy (non-hydrogen) atoms. The van der Waals surface area contributed by atoms with Crippen LogP contribution in [0, 0.1) is 23.7 Å². The fraction of sp³-hybridized carbons (Fsp3) is 0.733. The Kier molecular flexibility index (Phi) is 2.84. The molecule has 1 N–H and O–H groups in total. The molecule has 9 atom stereocenters. The third-order valence-corrected chi connectivity index (χ3v) is 7.90. The van der Waals surface area contributed by atoms with E-state index in [-0.39, 0.29) is 11.8 Å². The standard InChI is InChI=1S/C15H16O8S/c16-14(17)10-7-1-2-8(21-7)11(10)15(18)22-12-5-3-6-9(4-5)24(19,20)23-13(6)12/h1-2,5-13H,3-4H2,(H,16,17). The highest BCUT2D eigenvalue weighted by Crippen LogP contribution is 2.55. The van der Waals surface area contributed by atoms with Gasteiger partial charge in [0.25, 0.3) is 10.1 Å². The maximum absolute atomic E-state index is 12.6. The molecule has 2 saturated carbocycles. The second kappa shape index (κ2) is 4.59. The van der Waals surface area contributed by atoms with Gasteiger partial charge in [0.1, 0.15) is 24.0 Å². The van der Waals surface area contributed by atoms with Crippen molar-refractivity contribution in [2.75, 3.05) is 0 Å². The number of esters is 1. The SMILES string of the molecule is O=C(O)C1C2C=CC(O2)C1C(=O)OC1C2CC3C1OS(=O)(=O)C3C2. The second-order valence-corrected chi connectivity index (χ2v) is 9.01. The van der Waals surface area contributed by atoms with E-state index in [1.54, 1.807) is 12.2 Å². The number of fused-ring (bicyclic) bond motifs is 3. The molecule has 0 aromatic heterocycles. The lowest BCUT2D eigenvalue weighted by Gasteiger charge is -2.28. The Morgan fingerprint density at radius 1 is 1.12 bits per heavy atom. The first-order valence-electron chi connectivity index (χ1n) is 8.06. The fourth-order valence-corrected chi connectivity index (χ4v) is 7.02. The van der Waals surface area contributed by atoms with Crippen molar-refractivity contribution in [2.24, 2.45) is 23.7 Å². The molecule has 0 spiro atoms. The highest BCUT2D eigenvalue weighted by atomic mass is 32.2. The van der Waals surface area contributed by atoms with Crippen molar-refractivity contribution in [2.45, 2.75) is 42.5 Å². The van der Waals surface area contributed by atoms with Crippen molar-refractivity contribution >= 4 is 22.1 Å². The summed E-state index contributed by atoms with van der Waals surface area (Å²) in [5, 5.41) is 8.89. The van der Waals surface area contributed by atoms with E-state index in [1.165, 1.54) is 0 Å². The van der Waals surface area contributed by atoms with Gasteiger partial charge in [-0.05, 0) is 12.8 Å². The van der Waals surface area contributed by atoms with Gasteiger partial charge in [0.2, 0.25) is 0 Å². The number of ether oxygens (including phenoxy) is 2. The summed E-state index contributed by atoms with van der Waals surface area (Å²) in [6.07, 6.45) is 2.00. The lowest BCUT2D eigenvalue weighted by molar-refractivity contribution is -0.166. The van der Waals surface area contributed by atoms with Crippen molar-refractivity contribution in [1.29, 1.82) is 0 Å². The average Bonchev–Trinajstić information content (AvgIpc) is 3.26. The summed E-state index contributed by atoms with van der Waals surface area (Å²) >= 11 is 0. The van der Waals surface area contributed by atoms with Crippen LogP contribution in [-0.4, -0.2) is 55.1 Å². The zero-order valence-corrected chi connectivity index (χ0v) is 13.3. The zero-order valence-electron chi connectivity index (χ0n) is 12.5. The van der Waals surface area contributed by atoms with E-state index in [4.69, 9.17) is 13.7 Å². The van der Waals surface area contributed by atoms with E-state index >= 15 is 0 Å². The number of aliphatic carboxylic acids is 1. The number of carbonyl (C=O) groups excluding carboxylic acids is 1. The molecule has 3 aliphatic heterocycles. The predicted octanol–water partition coefficient (Wildman–Crippen LogP) is -0.311. The molecule has 9 unspecified atom stereocenters. The summed E-state index contributed by atoms with van der Waals surface area (Å²) in [6, 6.07) is 0. The molecule has 0 aromatic carbocycles. The van der Waals surface area contributed by atoms with Crippen molar-refractivity contribution in [3.63, 3.8) is 0 Å². The van der Waals surface area contributed by atoms with E-state index in [2.05, 4.69) is 0 Å². The van der Waals surface area contributed by atoms with Crippen LogP contribution < -0.4 is 0 Å². The van der Waals surface area contributed by atoms with Crippen LogP contribution in [0.3, 0.4) is 0 Å². The van der Waals surface area contributed by atoms with E-state index in [0.717, 1.165) is 0 Å². The number of carbonyl (C=O) groups is 2. The number of hydrogen-bond donors (Lipinski definition) is 1. The summed E-state index contributed by atoms with van der Waals surface area (Å²) < 4.78 is 40.1. The molecule has 4 bridgehead atoms. The summed E-state index contributed by atoms with van der Waals surface area (Å²) in [6.45, 7) is 0. The molecule has 5 rings (SSSR count). The molecule has 0 aromatic rings. The van der Waals surface area contributed by atoms with E-state index in [9.17, 15) is 23.1 Å². The molecular formula is C15H16O8S. The zero-order chi connectivity index (χ0) is 16.8. The summed E-state index contributed by atoms with van der Waals surface area (Å²) in [5.41, 5.74) is 0. The van der Waals surface area contributed by atoms with Crippen LogP contribution in [0.5, 0.6) is 0 Å². The minimum atomic E-state index is -3.57. The maximum atomic E-state index is 12.6. The monoisotopic (exact) mass is 356 g/mol. The summed E-state index contributed by atoms with van der Waals surface area (Å²) in [7, 11) is -3.57. The van der Waals surface area contributed by atoms with Crippen molar-refractivity contribution in [3.8, 4) is 0 Å². The molecule has 4 fully saturated rings. The van der Waals surface area contributed by atoms with Gasteiger partial charge < -0.3 is 14.6 Å². The van der Waals surface area contributed by atoms with Gasteiger partial charge in [-0.1, -0.05) is 12.2 Å². The molecule has 5 aliphatic rings. The number of hydrogen-bond acceptors (Lipinski definition) is 7. The molecule has 0 amide bonds. The Bertz CT molecular complexity index is 757. The van der Waals surface area contributed by atoms with Crippen LogP contribution in [0.1, 0.15) is 12.8 Å². The molecule has 2 aliphatic carbocycles. The van der Waals surface area contributed by atoms with Crippen LogP contribution in [0.2, 0.25) is 0 Å². The Balaban J connectivity index is 1.37. The van der Waals surface area contributed by atoms with Crippen molar-refractivity contribution < 1.29 is 36.8 Å². The lowest BCUT2D eigenvalue weighted by Crippen LogP contribution is -2.43. The topological polar surface area (TPSA) is 116 Å². The highest BCUT2D eigenvalue weighted by Gasteiger charge is 2.66. The third kappa shape index (κ3) is 1.77. The second-order valence-electron chi connectivity index (χ2n) is 7.23. The van der Waals surface area contributed by atoms with Gasteiger partial charge in [-0.15, -0.1) is 0 Å². The third-order valence-electron chi connectivity index (χ3n) is 6.12. The summed E-state index contributed by atoms with van der Waals surface area (Å²) in [4.78, 5) is 24.1. The Morgan fingerprint density at radius 3 is 2.54 bits per heavy atom. The van der Waals surface area contributed by atoms with E-state index in [0.29, 0.717) is 12.8 Å². The maximum Gasteiger partial charge on any atom is 0.313 e. The largest absolute Gasteiger partial charge is 0.481 e. The Morgan fingerprint density at radius 2 is 1.83 bits per heavy atom. The smallest absolute Gasteiger partial charge is 0.313 e. The van der Waals surface area contributed by atoms with Crippen LogP contribution in [-0.2, 0) is 33.4 Å². The molecule has 8 nitrogen and oxygen atoms in total.